The molecule has 0 aliphatic heterocycles. The number of hydrogen-bond acceptors (Lipinski definition) is 4. The molecule has 0 fully saturated rings. The van der Waals surface area contributed by atoms with E-state index in [4.69, 9.17) is 15.2 Å². The molecule has 0 heterocycles. The Kier molecular flexibility index (Phi) is 6.31. The van der Waals surface area contributed by atoms with Gasteiger partial charge in [-0.2, -0.15) is 0 Å². The van der Waals surface area contributed by atoms with Crippen molar-refractivity contribution in [1.29, 1.82) is 0 Å². The molecule has 1 aromatic carbocycles. The normalized spacial score (nSPS) is 11.2. The molecule has 1 amide bonds. The second-order valence-electron chi connectivity index (χ2n) is 5.20. The highest BCUT2D eigenvalue weighted by Crippen LogP contribution is 2.24. The molecule has 5 nitrogen and oxygen atoms in total. The van der Waals surface area contributed by atoms with E-state index in [2.05, 4.69) is 5.32 Å². The summed E-state index contributed by atoms with van der Waals surface area (Å²) < 4.78 is 10.9. The molecule has 0 atom stereocenters. The highest BCUT2D eigenvalue weighted by atomic mass is 16.5. The Hall–Kier alpha value is -1.75. The van der Waals surface area contributed by atoms with Crippen molar-refractivity contribution in [3.8, 4) is 5.75 Å². The maximum Gasteiger partial charge on any atom is 0.220 e. The number of nitrogens with one attached hydrogen (secondary N) is 1. The molecule has 1 aromatic rings. The lowest BCUT2D eigenvalue weighted by molar-refractivity contribution is -0.118. The Morgan fingerprint density at radius 2 is 2.05 bits per heavy atom. The minimum atomic E-state index is -0.364. The minimum absolute atomic E-state index is 0.158. The van der Waals surface area contributed by atoms with Gasteiger partial charge in [0.1, 0.15) is 5.75 Å². The van der Waals surface area contributed by atoms with Gasteiger partial charge in [-0.05, 0) is 32.4 Å². The van der Waals surface area contributed by atoms with Crippen LogP contribution in [0.1, 0.15) is 26.7 Å². The molecule has 0 saturated heterocycles. The molecule has 3 N–H and O–H groups in total. The Balaban J connectivity index is 2.50. The van der Waals surface area contributed by atoms with Crippen LogP contribution in [0.5, 0.6) is 5.75 Å². The van der Waals surface area contributed by atoms with Crippen LogP contribution in [0, 0.1) is 0 Å². The Labute approximate surface area is 120 Å². The summed E-state index contributed by atoms with van der Waals surface area (Å²) in [7, 11) is 1.71. The summed E-state index contributed by atoms with van der Waals surface area (Å²) in [5.41, 5.74) is 5.84. The van der Waals surface area contributed by atoms with Gasteiger partial charge < -0.3 is 20.5 Å². The summed E-state index contributed by atoms with van der Waals surface area (Å²) in [5.74, 6) is 0.362. The van der Waals surface area contributed by atoms with Crippen molar-refractivity contribution in [3.63, 3.8) is 0 Å². The van der Waals surface area contributed by atoms with E-state index in [-0.39, 0.29) is 24.5 Å². The number of rotatable bonds is 9. The third kappa shape index (κ3) is 5.93. The van der Waals surface area contributed by atoms with Gasteiger partial charge in [0.2, 0.25) is 5.91 Å². The molecule has 1 rings (SSSR count). The van der Waals surface area contributed by atoms with E-state index in [1.165, 1.54) is 0 Å². The van der Waals surface area contributed by atoms with Crippen LogP contribution in [0.2, 0.25) is 0 Å². The molecule has 112 valence electrons. The van der Waals surface area contributed by atoms with Crippen molar-refractivity contribution in [2.75, 3.05) is 25.6 Å². The van der Waals surface area contributed by atoms with E-state index < -0.39 is 0 Å². The molecule has 0 saturated carbocycles. The number of anilines is 1. The Bertz CT molecular complexity index is 433. The average Bonchev–Trinajstić information content (AvgIpc) is 2.40. The van der Waals surface area contributed by atoms with Gasteiger partial charge in [-0.25, -0.2) is 0 Å². The van der Waals surface area contributed by atoms with Crippen LogP contribution in [-0.4, -0.2) is 31.8 Å². The number of carbonyl (C=O) groups excluding carboxylic acids is 1. The summed E-state index contributed by atoms with van der Waals surface area (Å²) in [5, 5.41) is 3.32. The van der Waals surface area contributed by atoms with Gasteiger partial charge in [0.15, 0.2) is 0 Å². The predicted octanol–water partition coefficient (Wildman–Crippen LogP) is 2.17. The molecule has 0 aromatic heterocycles. The van der Waals surface area contributed by atoms with Crippen LogP contribution in [0.25, 0.3) is 0 Å². The Morgan fingerprint density at radius 3 is 2.70 bits per heavy atom. The summed E-state index contributed by atoms with van der Waals surface area (Å²) in [6.45, 7) is 5.16. The maximum absolute atomic E-state index is 10.7. The summed E-state index contributed by atoms with van der Waals surface area (Å²) in [4.78, 5) is 10.7. The number of nitrogens with two attached hydrogens (primary N) is 1. The van der Waals surface area contributed by atoms with Crippen LogP contribution in [0.4, 0.5) is 5.69 Å². The van der Waals surface area contributed by atoms with Gasteiger partial charge in [-0.1, -0.05) is 12.1 Å². The van der Waals surface area contributed by atoms with E-state index in [0.29, 0.717) is 0 Å². The maximum atomic E-state index is 10.7. The van der Waals surface area contributed by atoms with Crippen LogP contribution in [0.3, 0.4) is 0 Å². The lowest BCUT2D eigenvalue weighted by atomic mass is 10.1. The summed E-state index contributed by atoms with van der Waals surface area (Å²) in [6, 6.07) is 7.64. The second kappa shape index (κ2) is 7.75. The third-order valence-electron chi connectivity index (χ3n) is 3.09. The lowest BCUT2D eigenvalue weighted by Crippen LogP contribution is -2.25. The molecular weight excluding hydrogens is 256 g/mol. The number of methoxy groups -OCH3 is 1. The number of hydrogen-bond donors (Lipinski definition) is 2. The summed E-state index contributed by atoms with van der Waals surface area (Å²) in [6.07, 6.45) is 1.09. The van der Waals surface area contributed by atoms with Crippen LogP contribution in [0.15, 0.2) is 24.3 Å². The first-order chi connectivity index (χ1) is 9.44. The summed E-state index contributed by atoms with van der Waals surface area (Å²) >= 11 is 0. The minimum Gasteiger partial charge on any atom is -0.491 e. The molecule has 20 heavy (non-hydrogen) atoms. The van der Waals surface area contributed by atoms with Gasteiger partial charge in [0.05, 0.1) is 24.3 Å². The lowest BCUT2D eigenvalue weighted by Gasteiger charge is -2.23. The van der Waals surface area contributed by atoms with Gasteiger partial charge in [-0.15, -0.1) is 0 Å². The van der Waals surface area contributed by atoms with E-state index >= 15 is 0 Å². The van der Waals surface area contributed by atoms with Crippen molar-refractivity contribution < 1.29 is 14.3 Å². The largest absolute Gasteiger partial charge is 0.491 e. The zero-order valence-corrected chi connectivity index (χ0v) is 12.4. The van der Waals surface area contributed by atoms with Gasteiger partial charge in [0, 0.05) is 13.7 Å². The molecular formula is C15H24N2O3. The molecule has 0 aliphatic carbocycles. The first-order valence-corrected chi connectivity index (χ1v) is 6.74. The molecule has 0 bridgehead atoms. The second-order valence-corrected chi connectivity index (χ2v) is 5.20. The number of benzene rings is 1. The number of amides is 1. The van der Waals surface area contributed by atoms with Crippen LogP contribution >= 0.6 is 0 Å². The van der Waals surface area contributed by atoms with Gasteiger partial charge in [-0.3, -0.25) is 4.79 Å². The quantitative estimate of drug-likeness (QED) is 0.727. The molecule has 0 unspecified atom stereocenters. The number of carbonyl (C=O) groups is 1. The molecule has 0 radical (unpaired) electrons. The number of para-hydroxylation sites is 2. The van der Waals surface area contributed by atoms with Crippen molar-refractivity contribution in [2.24, 2.45) is 5.73 Å². The standard InChI is InChI=1S/C15H24N2O3/c1-15(2,19-3)9-10-17-12-6-4-5-7-13(12)20-11-8-14(16)18/h4-7,17H,8-11H2,1-3H3,(H2,16,18). The van der Waals surface area contributed by atoms with E-state index in [0.717, 1.165) is 24.4 Å². The number of primary amides is 1. The van der Waals surface area contributed by atoms with Crippen LogP contribution < -0.4 is 15.8 Å². The monoisotopic (exact) mass is 280 g/mol. The van der Waals surface area contributed by atoms with Crippen molar-refractivity contribution in [2.45, 2.75) is 32.3 Å². The van der Waals surface area contributed by atoms with E-state index in [1.807, 2.05) is 38.1 Å². The fourth-order valence-electron chi connectivity index (χ4n) is 1.60. The first kappa shape index (κ1) is 16.3. The topological polar surface area (TPSA) is 73.6 Å². The van der Waals surface area contributed by atoms with Gasteiger partial charge >= 0.3 is 0 Å². The predicted molar refractivity (Wildman–Crippen MR) is 79.9 cm³/mol. The fourth-order valence-corrected chi connectivity index (χ4v) is 1.60. The van der Waals surface area contributed by atoms with E-state index in [9.17, 15) is 4.79 Å². The number of ether oxygens (including phenoxy) is 2. The zero-order valence-electron chi connectivity index (χ0n) is 12.4. The highest BCUT2D eigenvalue weighted by molar-refractivity contribution is 5.73. The highest BCUT2D eigenvalue weighted by Gasteiger charge is 2.15. The molecule has 0 aliphatic rings. The van der Waals surface area contributed by atoms with E-state index in [1.54, 1.807) is 7.11 Å². The molecule has 5 heteroatoms. The first-order valence-electron chi connectivity index (χ1n) is 6.74. The van der Waals surface area contributed by atoms with Crippen molar-refractivity contribution in [3.05, 3.63) is 24.3 Å². The van der Waals surface area contributed by atoms with Crippen molar-refractivity contribution in [1.82, 2.24) is 0 Å². The van der Waals surface area contributed by atoms with Crippen LogP contribution in [-0.2, 0) is 9.53 Å². The average molecular weight is 280 g/mol. The fraction of sp³-hybridized carbons (Fsp3) is 0.533. The molecule has 0 spiro atoms. The third-order valence-corrected chi connectivity index (χ3v) is 3.09. The van der Waals surface area contributed by atoms with Crippen molar-refractivity contribution >= 4 is 11.6 Å². The smallest absolute Gasteiger partial charge is 0.220 e. The van der Waals surface area contributed by atoms with Gasteiger partial charge in [0.25, 0.3) is 0 Å². The zero-order chi connectivity index (χ0) is 15.0. The SMILES string of the molecule is COC(C)(C)CCNc1ccccc1OCCC(N)=O. The Morgan fingerprint density at radius 1 is 1.35 bits per heavy atom.